The minimum Gasteiger partial charge on any atom is -0.480 e. The number of fused-ring (bicyclic) bond motifs is 1. The summed E-state index contributed by atoms with van der Waals surface area (Å²) in [5.41, 5.74) is 1.84. The molecule has 2 aliphatic rings. The van der Waals surface area contributed by atoms with Gasteiger partial charge in [-0.1, -0.05) is 22.0 Å². The van der Waals surface area contributed by atoms with Crippen molar-refractivity contribution in [3.63, 3.8) is 0 Å². The number of carboxylic acids is 1. The zero-order valence-electron chi connectivity index (χ0n) is 13.1. The molecule has 1 aromatic heterocycles. The van der Waals surface area contributed by atoms with Gasteiger partial charge in [0.25, 0.3) is 0 Å². The normalized spacial score (nSPS) is 23.9. The average molecular weight is 391 g/mol. The van der Waals surface area contributed by atoms with Gasteiger partial charge in [-0.3, -0.25) is 4.79 Å². The molecular weight excluding hydrogens is 372 g/mol. The Morgan fingerprint density at radius 3 is 2.88 bits per heavy atom. The molecule has 2 saturated carbocycles. The van der Waals surface area contributed by atoms with Crippen LogP contribution in [0.25, 0.3) is 10.9 Å². The molecule has 4 rings (SSSR count). The number of hydrogen-bond acceptors (Lipinski definition) is 2. The molecule has 1 heterocycles. The molecule has 1 amide bonds. The van der Waals surface area contributed by atoms with Gasteiger partial charge in [-0.15, -0.1) is 0 Å². The quantitative estimate of drug-likeness (QED) is 0.708. The topological polar surface area (TPSA) is 82.2 Å². The minimum absolute atomic E-state index is 0.0223. The van der Waals surface area contributed by atoms with Crippen LogP contribution in [-0.2, 0) is 16.0 Å². The van der Waals surface area contributed by atoms with E-state index in [-0.39, 0.29) is 18.2 Å². The monoisotopic (exact) mass is 390 g/mol. The molecule has 24 heavy (non-hydrogen) atoms. The highest BCUT2D eigenvalue weighted by Gasteiger charge is 2.51. The van der Waals surface area contributed by atoms with Gasteiger partial charge in [-0.25, -0.2) is 4.79 Å². The number of aromatic nitrogens is 1. The number of H-pyrrole nitrogens is 1. The maximum Gasteiger partial charge on any atom is 0.326 e. The predicted molar refractivity (Wildman–Crippen MR) is 93.6 cm³/mol. The van der Waals surface area contributed by atoms with Crippen molar-refractivity contribution in [2.75, 3.05) is 0 Å². The third kappa shape index (κ3) is 2.95. The highest BCUT2D eigenvalue weighted by atomic mass is 79.9. The zero-order chi connectivity index (χ0) is 16.8. The lowest BCUT2D eigenvalue weighted by molar-refractivity contribution is -0.142. The van der Waals surface area contributed by atoms with Gasteiger partial charge in [0.2, 0.25) is 5.91 Å². The summed E-state index contributed by atoms with van der Waals surface area (Å²) in [7, 11) is 0. The second kappa shape index (κ2) is 5.92. The van der Waals surface area contributed by atoms with Crippen LogP contribution >= 0.6 is 15.9 Å². The van der Waals surface area contributed by atoms with E-state index in [4.69, 9.17) is 0 Å². The first-order chi connectivity index (χ1) is 11.5. The molecule has 3 atom stereocenters. The summed E-state index contributed by atoms with van der Waals surface area (Å²) in [5, 5.41) is 13.2. The third-order valence-electron chi connectivity index (χ3n) is 5.18. The Balaban J connectivity index is 1.49. The highest BCUT2D eigenvalue weighted by Crippen LogP contribution is 2.54. The molecule has 0 bridgehead atoms. The van der Waals surface area contributed by atoms with E-state index < -0.39 is 12.0 Å². The number of carbonyl (C=O) groups excluding carboxylic acids is 1. The van der Waals surface area contributed by atoms with Crippen LogP contribution in [0.15, 0.2) is 28.9 Å². The molecule has 6 heteroatoms. The van der Waals surface area contributed by atoms with Gasteiger partial charge in [0.05, 0.1) is 0 Å². The van der Waals surface area contributed by atoms with E-state index in [1.807, 2.05) is 24.4 Å². The van der Waals surface area contributed by atoms with Crippen LogP contribution in [0.4, 0.5) is 0 Å². The van der Waals surface area contributed by atoms with Crippen LogP contribution in [0.3, 0.4) is 0 Å². The summed E-state index contributed by atoms with van der Waals surface area (Å²) < 4.78 is 0.919. The molecule has 5 nitrogen and oxygen atoms in total. The molecule has 3 unspecified atom stereocenters. The number of hydrogen-bond donors (Lipinski definition) is 3. The Kier molecular flexibility index (Phi) is 3.87. The fourth-order valence-electron chi connectivity index (χ4n) is 3.63. The number of carboxylic acid groups (broad SMARTS) is 1. The van der Waals surface area contributed by atoms with Crippen molar-refractivity contribution in [3.8, 4) is 0 Å². The van der Waals surface area contributed by atoms with Crippen molar-refractivity contribution in [3.05, 3.63) is 34.4 Å². The van der Waals surface area contributed by atoms with Gasteiger partial charge in [-0.2, -0.15) is 0 Å². The molecule has 3 N–H and O–H groups in total. The lowest BCUT2D eigenvalue weighted by Gasteiger charge is -2.14. The minimum atomic E-state index is -0.992. The molecule has 0 aliphatic heterocycles. The molecular formula is C18H19BrN2O3. The van der Waals surface area contributed by atoms with E-state index in [1.165, 1.54) is 12.8 Å². The van der Waals surface area contributed by atoms with E-state index in [0.717, 1.165) is 27.4 Å². The van der Waals surface area contributed by atoms with Crippen molar-refractivity contribution in [1.82, 2.24) is 10.3 Å². The van der Waals surface area contributed by atoms with Crippen LogP contribution in [0, 0.1) is 17.8 Å². The van der Waals surface area contributed by atoms with Crippen LogP contribution in [-0.4, -0.2) is 28.0 Å². The Labute approximate surface area is 147 Å². The number of benzene rings is 1. The fourth-order valence-corrected chi connectivity index (χ4v) is 4.25. The zero-order valence-corrected chi connectivity index (χ0v) is 14.7. The molecule has 126 valence electrons. The van der Waals surface area contributed by atoms with Gasteiger partial charge in [0, 0.05) is 33.9 Å². The van der Waals surface area contributed by atoms with Crippen molar-refractivity contribution < 1.29 is 14.7 Å². The van der Waals surface area contributed by atoms with Crippen molar-refractivity contribution in [1.29, 1.82) is 0 Å². The summed E-state index contributed by atoms with van der Waals surface area (Å²) in [6.07, 6.45) is 5.45. The van der Waals surface area contributed by atoms with Crippen molar-refractivity contribution >= 4 is 38.7 Å². The average Bonchev–Trinajstić information content (AvgIpc) is 3.42. The fraction of sp³-hybridized carbons (Fsp3) is 0.444. The molecule has 0 spiro atoms. The number of nitrogens with one attached hydrogen (secondary N) is 2. The maximum absolute atomic E-state index is 12.3. The first-order valence-corrected chi connectivity index (χ1v) is 9.11. The Morgan fingerprint density at radius 1 is 1.38 bits per heavy atom. The lowest BCUT2D eigenvalue weighted by atomic mass is 10.0. The summed E-state index contributed by atoms with van der Waals surface area (Å²) in [6.45, 7) is 0. The summed E-state index contributed by atoms with van der Waals surface area (Å²) in [5.74, 6) is 0.121. The lowest BCUT2D eigenvalue weighted by Crippen LogP contribution is -2.43. The standard InChI is InChI=1S/C18H19BrN2O3/c19-13-2-1-3-14-16(13)10(8-20-14)6-15(18(23)24)21-17(22)12-7-11(12)9-4-5-9/h1-3,8-9,11-12,15,20H,4-7H2,(H,21,22)(H,23,24). The molecule has 2 fully saturated rings. The van der Waals surface area contributed by atoms with Crippen molar-refractivity contribution in [2.45, 2.75) is 31.7 Å². The number of halogens is 1. The highest BCUT2D eigenvalue weighted by molar-refractivity contribution is 9.10. The number of rotatable bonds is 6. The number of carbonyl (C=O) groups is 2. The first kappa shape index (κ1) is 15.7. The van der Waals surface area contributed by atoms with Gasteiger partial charge in [0.15, 0.2) is 0 Å². The Bertz CT molecular complexity index is 812. The largest absolute Gasteiger partial charge is 0.480 e. The third-order valence-corrected chi connectivity index (χ3v) is 5.84. The van der Waals surface area contributed by atoms with E-state index in [9.17, 15) is 14.7 Å². The van der Waals surface area contributed by atoms with Crippen LogP contribution in [0.1, 0.15) is 24.8 Å². The van der Waals surface area contributed by atoms with Crippen LogP contribution in [0.5, 0.6) is 0 Å². The Morgan fingerprint density at radius 2 is 2.17 bits per heavy atom. The van der Waals surface area contributed by atoms with E-state index in [0.29, 0.717) is 11.8 Å². The number of aromatic amines is 1. The van der Waals surface area contributed by atoms with E-state index in [1.54, 1.807) is 0 Å². The molecule has 1 aromatic carbocycles. The summed E-state index contributed by atoms with van der Waals surface area (Å²) >= 11 is 3.51. The summed E-state index contributed by atoms with van der Waals surface area (Å²) in [6, 6.07) is 4.90. The van der Waals surface area contributed by atoms with Gasteiger partial charge in [-0.05, 0) is 48.8 Å². The van der Waals surface area contributed by atoms with Crippen LogP contribution in [0.2, 0.25) is 0 Å². The molecule has 2 aromatic rings. The van der Waals surface area contributed by atoms with Gasteiger partial charge < -0.3 is 15.4 Å². The van der Waals surface area contributed by atoms with E-state index in [2.05, 4.69) is 26.2 Å². The van der Waals surface area contributed by atoms with Gasteiger partial charge in [0.1, 0.15) is 6.04 Å². The second-order valence-corrected chi connectivity index (χ2v) is 7.78. The van der Waals surface area contributed by atoms with Gasteiger partial charge >= 0.3 is 5.97 Å². The molecule has 0 radical (unpaired) electrons. The SMILES string of the molecule is O=C(O)C(Cc1c[nH]c2cccc(Br)c12)NC(=O)C1CC1C1CC1. The van der Waals surface area contributed by atoms with Crippen LogP contribution < -0.4 is 5.32 Å². The number of amides is 1. The summed E-state index contributed by atoms with van der Waals surface area (Å²) in [4.78, 5) is 27.1. The van der Waals surface area contributed by atoms with E-state index >= 15 is 0 Å². The van der Waals surface area contributed by atoms with Crippen molar-refractivity contribution in [2.24, 2.45) is 17.8 Å². The smallest absolute Gasteiger partial charge is 0.326 e. The number of aliphatic carboxylic acids is 1. The molecule has 0 saturated heterocycles. The molecule has 2 aliphatic carbocycles. The second-order valence-electron chi connectivity index (χ2n) is 6.92. The Hall–Kier alpha value is -1.82. The first-order valence-electron chi connectivity index (χ1n) is 8.32. The maximum atomic E-state index is 12.3. The predicted octanol–water partition coefficient (Wildman–Crippen LogP) is 3.09.